The van der Waals surface area contributed by atoms with Gasteiger partial charge in [0.2, 0.25) is 0 Å². The Hall–Kier alpha value is -1.00. The first-order chi connectivity index (χ1) is 11.5. The molecule has 0 amide bonds. The molecule has 1 N–H and O–H groups in total. The summed E-state index contributed by atoms with van der Waals surface area (Å²) in [6.45, 7) is 14.1. The highest BCUT2D eigenvalue weighted by atomic mass is 35.5. The van der Waals surface area contributed by atoms with Gasteiger partial charge in [0.05, 0.1) is 6.61 Å². The standard InChI is InChI=1S/C21H30N2O.2ClH/c1-5-24-18-11-10-16-8-6-7-9-17(16)19(18)20(21(2,3)4)23-14-12-22-13-15-23;;/h6-11,20,22H,5,12-15H2,1-4H3;2*1H/t20-;;/m1../s1. The normalized spacial score (nSPS) is 16.5. The molecule has 1 fully saturated rings. The summed E-state index contributed by atoms with van der Waals surface area (Å²) in [5.74, 6) is 1.04. The summed E-state index contributed by atoms with van der Waals surface area (Å²) < 4.78 is 6.07. The molecule has 0 spiro atoms. The van der Waals surface area contributed by atoms with Gasteiger partial charge in [-0.3, -0.25) is 4.90 Å². The first-order valence-electron chi connectivity index (χ1n) is 9.11. The zero-order valence-corrected chi connectivity index (χ0v) is 17.9. The number of ether oxygens (including phenoxy) is 1. The summed E-state index contributed by atoms with van der Waals surface area (Å²) in [7, 11) is 0. The molecule has 0 unspecified atom stereocenters. The number of hydrogen-bond donors (Lipinski definition) is 1. The SMILES string of the molecule is CCOc1ccc2ccccc2c1[C@@H](N1CCNCC1)C(C)(C)C.Cl.Cl. The van der Waals surface area contributed by atoms with Gasteiger partial charge in [-0.25, -0.2) is 0 Å². The number of hydrogen-bond acceptors (Lipinski definition) is 3. The van der Waals surface area contributed by atoms with Crippen molar-refractivity contribution in [2.75, 3.05) is 32.8 Å². The number of halogens is 2. The highest BCUT2D eigenvalue weighted by molar-refractivity contribution is 5.88. The molecule has 5 heteroatoms. The average molecular weight is 399 g/mol. The van der Waals surface area contributed by atoms with Crippen LogP contribution in [-0.4, -0.2) is 37.7 Å². The monoisotopic (exact) mass is 398 g/mol. The molecule has 0 aromatic heterocycles. The van der Waals surface area contributed by atoms with E-state index in [1.165, 1.54) is 16.3 Å². The molecular weight excluding hydrogens is 367 g/mol. The van der Waals surface area contributed by atoms with Crippen molar-refractivity contribution in [3.05, 3.63) is 42.0 Å². The van der Waals surface area contributed by atoms with Crippen molar-refractivity contribution in [2.45, 2.75) is 33.7 Å². The molecule has 1 aliphatic rings. The van der Waals surface area contributed by atoms with Gasteiger partial charge in [0.25, 0.3) is 0 Å². The maximum Gasteiger partial charge on any atom is 0.124 e. The molecule has 0 saturated carbocycles. The van der Waals surface area contributed by atoms with E-state index in [4.69, 9.17) is 4.74 Å². The lowest BCUT2D eigenvalue weighted by Crippen LogP contribution is -2.48. The van der Waals surface area contributed by atoms with E-state index < -0.39 is 0 Å². The molecule has 0 aliphatic carbocycles. The molecule has 0 bridgehead atoms. The zero-order chi connectivity index (χ0) is 17.2. The van der Waals surface area contributed by atoms with Crippen molar-refractivity contribution in [2.24, 2.45) is 5.41 Å². The first-order valence-corrected chi connectivity index (χ1v) is 9.11. The third kappa shape index (κ3) is 4.83. The highest BCUT2D eigenvalue weighted by Crippen LogP contribution is 2.45. The Bertz CT molecular complexity index is 694. The topological polar surface area (TPSA) is 24.5 Å². The van der Waals surface area contributed by atoms with Crippen LogP contribution in [-0.2, 0) is 0 Å². The average Bonchev–Trinajstić information content (AvgIpc) is 2.57. The van der Waals surface area contributed by atoms with Crippen LogP contribution in [0.25, 0.3) is 10.8 Å². The van der Waals surface area contributed by atoms with Crippen LogP contribution in [0.3, 0.4) is 0 Å². The van der Waals surface area contributed by atoms with Gasteiger partial charge in [0.15, 0.2) is 0 Å². The van der Waals surface area contributed by atoms with E-state index in [2.05, 4.69) is 74.3 Å². The van der Waals surface area contributed by atoms with Crippen molar-refractivity contribution in [3.8, 4) is 5.75 Å². The molecule has 0 radical (unpaired) electrons. The fourth-order valence-electron chi connectivity index (χ4n) is 3.94. The molecule has 26 heavy (non-hydrogen) atoms. The minimum Gasteiger partial charge on any atom is -0.494 e. The number of piperazine rings is 1. The summed E-state index contributed by atoms with van der Waals surface area (Å²) in [4.78, 5) is 2.63. The van der Waals surface area contributed by atoms with Crippen LogP contribution in [0.1, 0.15) is 39.3 Å². The van der Waals surface area contributed by atoms with E-state index in [9.17, 15) is 0 Å². The number of nitrogens with zero attached hydrogens (tertiary/aromatic N) is 1. The lowest BCUT2D eigenvalue weighted by atomic mass is 9.79. The summed E-state index contributed by atoms with van der Waals surface area (Å²) in [6.07, 6.45) is 0. The second kappa shape index (κ2) is 9.80. The van der Waals surface area contributed by atoms with Crippen LogP contribution in [0.5, 0.6) is 5.75 Å². The van der Waals surface area contributed by atoms with Gasteiger partial charge >= 0.3 is 0 Å². The van der Waals surface area contributed by atoms with Crippen LogP contribution >= 0.6 is 24.8 Å². The van der Waals surface area contributed by atoms with Gasteiger partial charge in [-0.15, -0.1) is 24.8 Å². The predicted octanol–water partition coefficient (Wildman–Crippen LogP) is 5.07. The van der Waals surface area contributed by atoms with Gasteiger partial charge in [-0.2, -0.15) is 0 Å². The Kier molecular flexibility index (Phi) is 8.68. The van der Waals surface area contributed by atoms with Gasteiger partial charge in [-0.05, 0) is 29.2 Å². The van der Waals surface area contributed by atoms with E-state index in [-0.39, 0.29) is 30.2 Å². The molecule has 1 atom stereocenters. The Morgan fingerprint density at radius 2 is 1.69 bits per heavy atom. The lowest BCUT2D eigenvalue weighted by Gasteiger charge is -2.43. The second-order valence-corrected chi connectivity index (χ2v) is 7.69. The van der Waals surface area contributed by atoms with Crippen LogP contribution in [0.2, 0.25) is 0 Å². The number of fused-ring (bicyclic) bond motifs is 1. The fourth-order valence-corrected chi connectivity index (χ4v) is 3.94. The molecule has 3 rings (SSSR count). The van der Waals surface area contributed by atoms with E-state index in [1.54, 1.807) is 0 Å². The lowest BCUT2D eigenvalue weighted by molar-refractivity contribution is 0.0847. The number of benzene rings is 2. The maximum absolute atomic E-state index is 6.07. The number of nitrogens with one attached hydrogen (secondary N) is 1. The molecule has 3 nitrogen and oxygen atoms in total. The van der Waals surface area contributed by atoms with E-state index in [0.29, 0.717) is 12.6 Å². The van der Waals surface area contributed by atoms with Crippen molar-refractivity contribution in [1.82, 2.24) is 10.2 Å². The zero-order valence-electron chi connectivity index (χ0n) is 16.2. The molecule has 1 heterocycles. The predicted molar refractivity (Wildman–Crippen MR) is 116 cm³/mol. The van der Waals surface area contributed by atoms with Crippen molar-refractivity contribution in [3.63, 3.8) is 0 Å². The molecule has 2 aromatic rings. The van der Waals surface area contributed by atoms with Gasteiger partial charge in [-0.1, -0.05) is 51.1 Å². The molecule has 146 valence electrons. The van der Waals surface area contributed by atoms with Crippen LogP contribution in [0, 0.1) is 5.41 Å². The molecule has 2 aromatic carbocycles. The molecule has 1 aliphatic heterocycles. The Morgan fingerprint density at radius 1 is 1.04 bits per heavy atom. The molecule has 1 saturated heterocycles. The van der Waals surface area contributed by atoms with Crippen LogP contribution < -0.4 is 10.1 Å². The van der Waals surface area contributed by atoms with Crippen molar-refractivity contribution >= 4 is 35.6 Å². The van der Waals surface area contributed by atoms with Crippen LogP contribution in [0.4, 0.5) is 0 Å². The van der Waals surface area contributed by atoms with E-state index in [0.717, 1.165) is 31.9 Å². The summed E-state index contributed by atoms with van der Waals surface area (Å²) in [5, 5.41) is 6.09. The minimum absolute atomic E-state index is 0. The van der Waals surface area contributed by atoms with Gasteiger partial charge < -0.3 is 10.1 Å². The van der Waals surface area contributed by atoms with Gasteiger partial charge in [0.1, 0.15) is 5.75 Å². The third-order valence-electron chi connectivity index (χ3n) is 4.84. The largest absolute Gasteiger partial charge is 0.494 e. The second-order valence-electron chi connectivity index (χ2n) is 7.69. The summed E-state index contributed by atoms with van der Waals surface area (Å²) in [5.41, 5.74) is 1.48. The van der Waals surface area contributed by atoms with Crippen molar-refractivity contribution in [1.29, 1.82) is 0 Å². The quantitative estimate of drug-likeness (QED) is 0.777. The fraction of sp³-hybridized carbons (Fsp3) is 0.524. The minimum atomic E-state index is 0. The van der Waals surface area contributed by atoms with E-state index >= 15 is 0 Å². The van der Waals surface area contributed by atoms with Gasteiger partial charge in [0, 0.05) is 37.8 Å². The number of rotatable bonds is 4. The smallest absolute Gasteiger partial charge is 0.124 e. The Labute approximate surface area is 170 Å². The molecular formula is C21H32Cl2N2O. The Balaban J connectivity index is 0.00000169. The highest BCUT2D eigenvalue weighted by Gasteiger charge is 2.35. The first kappa shape index (κ1) is 23.0. The Morgan fingerprint density at radius 3 is 2.31 bits per heavy atom. The van der Waals surface area contributed by atoms with E-state index in [1.807, 2.05) is 0 Å². The summed E-state index contributed by atoms with van der Waals surface area (Å²) in [6, 6.07) is 13.4. The third-order valence-corrected chi connectivity index (χ3v) is 4.84. The summed E-state index contributed by atoms with van der Waals surface area (Å²) >= 11 is 0. The van der Waals surface area contributed by atoms with Crippen molar-refractivity contribution < 1.29 is 4.74 Å². The maximum atomic E-state index is 6.07. The van der Waals surface area contributed by atoms with Crippen LogP contribution in [0.15, 0.2) is 36.4 Å².